The number of hydrogen-bond acceptors (Lipinski definition) is 2. The molecule has 2 aliphatic rings. The highest BCUT2D eigenvalue weighted by molar-refractivity contribution is 6.12. The van der Waals surface area contributed by atoms with Gasteiger partial charge in [-0.2, -0.15) is 0 Å². The van der Waals surface area contributed by atoms with E-state index in [2.05, 4.69) is 116 Å². The third-order valence-corrected chi connectivity index (χ3v) is 9.30. The van der Waals surface area contributed by atoms with Crippen LogP contribution in [0.2, 0.25) is 0 Å². The zero-order valence-electron chi connectivity index (χ0n) is 21.4. The van der Waals surface area contributed by atoms with Crippen LogP contribution in [0.3, 0.4) is 0 Å². The van der Waals surface area contributed by atoms with Crippen LogP contribution in [0, 0.1) is 6.92 Å². The topological polar surface area (TPSA) is 16.1 Å². The first-order valence-corrected chi connectivity index (χ1v) is 13.3. The maximum atomic E-state index is 4.50. The van der Waals surface area contributed by atoms with Crippen LogP contribution in [0.15, 0.2) is 91.1 Å². The van der Waals surface area contributed by atoms with Gasteiger partial charge in [-0.05, 0) is 95.3 Å². The van der Waals surface area contributed by atoms with Crippen molar-refractivity contribution in [2.24, 2.45) is 0 Å². The molecule has 1 aliphatic heterocycles. The summed E-state index contributed by atoms with van der Waals surface area (Å²) in [6.45, 7) is 7.11. The molecule has 2 nitrogen and oxygen atoms in total. The van der Waals surface area contributed by atoms with Crippen molar-refractivity contribution in [2.45, 2.75) is 57.4 Å². The van der Waals surface area contributed by atoms with Gasteiger partial charge in [0.2, 0.25) is 0 Å². The summed E-state index contributed by atoms with van der Waals surface area (Å²) in [7, 11) is 0. The van der Waals surface area contributed by atoms with E-state index < -0.39 is 0 Å². The first-order valence-electron chi connectivity index (χ1n) is 13.3. The molecule has 0 amide bonds. The lowest BCUT2D eigenvalue weighted by Crippen LogP contribution is -2.54. The maximum Gasteiger partial charge on any atom is 0.0517 e. The summed E-state index contributed by atoms with van der Waals surface area (Å²) in [4.78, 5) is 7.14. The molecule has 0 spiro atoms. The molecule has 4 aromatic carbocycles. The number of pyridine rings is 1. The Labute approximate surface area is 213 Å². The molecule has 178 valence electrons. The molecular formula is C34H32N2. The first kappa shape index (κ1) is 21.6. The van der Waals surface area contributed by atoms with Crippen LogP contribution in [-0.2, 0) is 5.41 Å². The van der Waals surface area contributed by atoms with E-state index in [0.29, 0.717) is 0 Å². The van der Waals surface area contributed by atoms with Crippen molar-refractivity contribution in [3.63, 3.8) is 0 Å². The second kappa shape index (κ2) is 7.67. The van der Waals surface area contributed by atoms with E-state index in [0.717, 1.165) is 5.69 Å². The highest BCUT2D eigenvalue weighted by atomic mass is 15.3. The molecule has 2 heterocycles. The standard InChI is InChI=1S/C34H32N2/c1-23-20-27(16-19-35-23)36-31-15-14-26(22-30(31)33(2)17-8-9-18-34(33,36)3)32-28-12-6-4-10-24(28)21-25-11-5-7-13-29(25)32/h4-7,10-16,19-22H,8-9,17-18H2,1-3H3. The lowest BCUT2D eigenvalue weighted by Gasteiger charge is -2.50. The van der Waals surface area contributed by atoms with Crippen LogP contribution >= 0.6 is 0 Å². The smallest absolute Gasteiger partial charge is 0.0517 e. The molecular weight excluding hydrogens is 436 g/mol. The van der Waals surface area contributed by atoms with Crippen LogP contribution in [0.25, 0.3) is 32.7 Å². The largest absolute Gasteiger partial charge is 0.334 e. The molecule has 2 atom stereocenters. The predicted molar refractivity (Wildman–Crippen MR) is 152 cm³/mol. The summed E-state index contributed by atoms with van der Waals surface area (Å²) in [5.74, 6) is 0. The molecule has 1 saturated carbocycles. The second-order valence-electron chi connectivity index (χ2n) is 11.2. The maximum absolute atomic E-state index is 4.50. The predicted octanol–water partition coefficient (Wildman–Crippen LogP) is 9.11. The summed E-state index contributed by atoms with van der Waals surface area (Å²) >= 11 is 0. The fraction of sp³-hybridized carbons (Fsp3) is 0.265. The Balaban J connectivity index is 1.51. The lowest BCUT2D eigenvalue weighted by molar-refractivity contribution is 0.195. The number of rotatable bonds is 2. The van der Waals surface area contributed by atoms with Gasteiger partial charge in [-0.15, -0.1) is 0 Å². The molecule has 1 aliphatic carbocycles. The van der Waals surface area contributed by atoms with Gasteiger partial charge in [0.25, 0.3) is 0 Å². The number of fused-ring (bicyclic) bond motifs is 5. The molecule has 0 radical (unpaired) electrons. The zero-order valence-corrected chi connectivity index (χ0v) is 21.4. The van der Waals surface area contributed by atoms with Crippen molar-refractivity contribution in [3.8, 4) is 11.1 Å². The number of aromatic nitrogens is 1. The van der Waals surface area contributed by atoms with E-state index >= 15 is 0 Å². The monoisotopic (exact) mass is 468 g/mol. The summed E-state index contributed by atoms with van der Waals surface area (Å²) in [6.07, 6.45) is 6.95. The molecule has 0 bridgehead atoms. The van der Waals surface area contributed by atoms with Crippen LogP contribution in [0.5, 0.6) is 0 Å². The van der Waals surface area contributed by atoms with E-state index in [1.165, 1.54) is 75.3 Å². The van der Waals surface area contributed by atoms with Gasteiger partial charge in [-0.25, -0.2) is 0 Å². The van der Waals surface area contributed by atoms with E-state index in [4.69, 9.17) is 0 Å². The van der Waals surface area contributed by atoms with Crippen molar-refractivity contribution in [1.29, 1.82) is 0 Å². The third-order valence-electron chi connectivity index (χ3n) is 9.30. The number of nitrogens with zero attached hydrogens (tertiary/aromatic N) is 2. The molecule has 2 heteroatoms. The summed E-state index contributed by atoms with van der Waals surface area (Å²) in [6, 6.07) is 31.7. The van der Waals surface area contributed by atoms with Crippen LogP contribution in [-0.4, -0.2) is 10.5 Å². The molecule has 7 rings (SSSR count). The summed E-state index contributed by atoms with van der Waals surface area (Å²) < 4.78 is 0. The van der Waals surface area contributed by atoms with Gasteiger partial charge in [0.1, 0.15) is 0 Å². The molecule has 2 unspecified atom stereocenters. The van der Waals surface area contributed by atoms with Gasteiger partial charge < -0.3 is 4.90 Å². The highest BCUT2D eigenvalue weighted by Crippen LogP contribution is 2.61. The Morgan fingerprint density at radius 1 is 0.750 bits per heavy atom. The van der Waals surface area contributed by atoms with E-state index in [9.17, 15) is 0 Å². The Bertz CT molecular complexity index is 1600. The quantitative estimate of drug-likeness (QED) is 0.240. The van der Waals surface area contributed by atoms with Crippen molar-refractivity contribution < 1.29 is 0 Å². The lowest BCUT2D eigenvalue weighted by atomic mass is 9.61. The molecule has 1 aromatic heterocycles. The van der Waals surface area contributed by atoms with Gasteiger partial charge in [0.05, 0.1) is 5.54 Å². The number of benzene rings is 4. The third kappa shape index (κ3) is 2.88. The minimum Gasteiger partial charge on any atom is -0.334 e. The van der Waals surface area contributed by atoms with E-state index in [1.807, 2.05) is 6.20 Å². The van der Waals surface area contributed by atoms with E-state index in [-0.39, 0.29) is 11.0 Å². The van der Waals surface area contributed by atoms with Crippen LogP contribution in [0.1, 0.15) is 50.8 Å². The Hall–Kier alpha value is -3.65. The van der Waals surface area contributed by atoms with Crippen LogP contribution in [0.4, 0.5) is 11.4 Å². The zero-order chi connectivity index (χ0) is 24.5. The van der Waals surface area contributed by atoms with Crippen molar-refractivity contribution in [2.75, 3.05) is 4.90 Å². The molecule has 0 saturated heterocycles. The number of anilines is 2. The average Bonchev–Trinajstić information content (AvgIpc) is 3.10. The highest BCUT2D eigenvalue weighted by Gasteiger charge is 2.57. The fourth-order valence-corrected chi connectivity index (χ4v) is 7.29. The van der Waals surface area contributed by atoms with Gasteiger partial charge in [-0.1, -0.05) is 74.4 Å². The number of hydrogen-bond donors (Lipinski definition) is 0. The van der Waals surface area contributed by atoms with Crippen molar-refractivity contribution in [3.05, 3.63) is 102 Å². The Kier molecular flexibility index (Phi) is 4.61. The Morgan fingerprint density at radius 3 is 2.17 bits per heavy atom. The molecule has 36 heavy (non-hydrogen) atoms. The minimum absolute atomic E-state index is 0.0425. The van der Waals surface area contributed by atoms with Gasteiger partial charge in [-0.3, -0.25) is 4.98 Å². The number of aryl methyl sites for hydroxylation is 1. The van der Waals surface area contributed by atoms with Crippen LogP contribution < -0.4 is 4.90 Å². The SMILES string of the molecule is Cc1cc(N2c3ccc(-c4c5ccccc5cc5ccccc45)cc3C3(C)CCCCC23C)ccn1. The summed E-state index contributed by atoms with van der Waals surface area (Å²) in [5, 5.41) is 5.25. The fourth-order valence-electron chi connectivity index (χ4n) is 7.29. The average molecular weight is 469 g/mol. The van der Waals surface area contributed by atoms with Crippen molar-refractivity contribution >= 4 is 32.9 Å². The molecule has 5 aromatic rings. The van der Waals surface area contributed by atoms with Gasteiger partial charge in [0.15, 0.2) is 0 Å². The normalized spacial score (nSPS) is 23.1. The minimum atomic E-state index is 0.0425. The second-order valence-corrected chi connectivity index (χ2v) is 11.2. The first-order chi connectivity index (χ1) is 17.5. The summed E-state index contributed by atoms with van der Waals surface area (Å²) in [5.41, 5.74) is 8.00. The van der Waals surface area contributed by atoms with Crippen molar-refractivity contribution in [1.82, 2.24) is 4.98 Å². The van der Waals surface area contributed by atoms with E-state index in [1.54, 1.807) is 0 Å². The molecule has 0 N–H and O–H groups in total. The molecule has 1 fully saturated rings. The van der Waals surface area contributed by atoms with Gasteiger partial charge >= 0.3 is 0 Å². The Morgan fingerprint density at radius 2 is 1.44 bits per heavy atom. The van der Waals surface area contributed by atoms with Gasteiger partial charge in [0, 0.05) is 28.7 Å².